The molecule has 0 aliphatic heterocycles. The third-order valence-electron chi connectivity index (χ3n) is 7.63. The highest BCUT2D eigenvalue weighted by molar-refractivity contribution is 9.10. The monoisotopic (exact) mass is 723 g/mol. The quantitative estimate of drug-likeness (QED) is 0.147. The van der Waals surface area contributed by atoms with Gasteiger partial charge in [-0.1, -0.05) is 65.3 Å². The zero-order chi connectivity index (χ0) is 34.0. The van der Waals surface area contributed by atoms with Crippen molar-refractivity contribution >= 4 is 43.5 Å². The van der Waals surface area contributed by atoms with E-state index in [4.69, 9.17) is 4.74 Å². The maximum atomic E-state index is 14.5. The van der Waals surface area contributed by atoms with Crippen LogP contribution in [0.25, 0.3) is 0 Å². The van der Waals surface area contributed by atoms with E-state index in [9.17, 15) is 22.4 Å². The minimum Gasteiger partial charge on any atom is -0.494 e. The number of nitrogens with one attached hydrogen (secondary N) is 1. The Hall–Kier alpha value is -4.22. The third kappa shape index (κ3) is 9.65. The smallest absolute Gasteiger partial charge is 0.264 e. The SMILES string of the molecule is CCOc1ccc(S(=O)(=O)N(CC(=O)N(Cc2cccc(Br)c2)[C@H](Cc2ccccc2)C(=O)N[C@H](C)CC)c2ccc(F)cc2)cc1. The van der Waals surface area contributed by atoms with Gasteiger partial charge in [-0.2, -0.15) is 0 Å². The number of anilines is 1. The fourth-order valence-electron chi connectivity index (χ4n) is 4.96. The van der Waals surface area contributed by atoms with Crippen LogP contribution in [0.1, 0.15) is 38.3 Å². The van der Waals surface area contributed by atoms with Crippen LogP contribution in [0.4, 0.5) is 10.1 Å². The lowest BCUT2D eigenvalue weighted by Gasteiger charge is -2.34. The molecule has 4 aromatic rings. The van der Waals surface area contributed by atoms with E-state index < -0.39 is 34.3 Å². The first-order valence-corrected chi connectivity index (χ1v) is 17.6. The highest BCUT2D eigenvalue weighted by Gasteiger charge is 2.35. The summed E-state index contributed by atoms with van der Waals surface area (Å²) in [5, 5.41) is 3.02. The van der Waals surface area contributed by atoms with Crippen molar-refractivity contribution in [2.24, 2.45) is 0 Å². The molecule has 2 atom stereocenters. The second-order valence-electron chi connectivity index (χ2n) is 11.1. The number of rotatable bonds is 15. The Kier molecular flexibility index (Phi) is 12.6. The Morgan fingerprint density at radius 3 is 2.17 bits per heavy atom. The number of hydrogen-bond donors (Lipinski definition) is 1. The summed E-state index contributed by atoms with van der Waals surface area (Å²) in [6, 6.07) is 26.4. The summed E-state index contributed by atoms with van der Waals surface area (Å²) in [6.45, 7) is 5.46. The van der Waals surface area contributed by atoms with Crippen molar-refractivity contribution in [3.63, 3.8) is 0 Å². The summed E-state index contributed by atoms with van der Waals surface area (Å²) >= 11 is 3.48. The van der Waals surface area contributed by atoms with Crippen molar-refractivity contribution in [3.8, 4) is 5.75 Å². The number of carbonyl (C=O) groups is 2. The summed E-state index contributed by atoms with van der Waals surface area (Å²) in [4.78, 5) is 29.8. The van der Waals surface area contributed by atoms with Crippen molar-refractivity contribution in [3.05, 3.63) is 125 Å². The highest BCUT2D eigenvalue weighted by atomic mass is 79.9. The van der Waals surface area contributed by atoms with Gasteiger partial charge in [0.2, 0.25) is 11.8 Å². The third-order valence-corrected chi connectivity index (χ3v) is 9.91. The van der Waals surface area contributed by atoms with E-state index in [1.807, 2.05) is 75.4 Å². The number of hydrogen-bond acceptors (Lipinski definition) is 5. The fraction of sp³-hybridized carbons (Fsp3) is 0.278. The van der Waals surface area contributed by atoms with E-state index in [-0.39, 0.29) is 35.5 Å². The first-order valence-electron chi connectivity index (χ1n) is 15.4. The van der Waals surface area contributed by atoms with Crippen LogP contribution in [-0.2, 0) is 32.6 Å². The zero-order valence-electron chi connectivity index (χ0n) is 26.6. The van der Waals surface area contributed by atoms with Crippen LogP contribution >= 0.6 is 15.9 Å². The summed E-state index contributed by atoms with van der Waals surface area (Å²) in [7, 11) is -4.33. The molecule has 4 rings (SSSR count). The van der Waals surface area contributed by atoms with E-state index in [2.05, 4.69) is 21.2 Å². The van der Waals surface area contributed by atoms with Crippen molar-refractivity contribution in [1.82, 2.24) is 10.2 Å². The lowest BCUT2D eigenvalue weighted by atomic mass is 10.0. The lowest BCUT2D eigenvalue weighted by molar-refractivity contribution is -0.140. The molecule has 0 heterocycles. The molecule has 248 valence electrons. The molecule has 0 unspecified atom stereocenters. The van der Waals surface area contributed by atoms with E-state index in [1.54, 1.807) is 0 Å². The molecule has 0 saturated heterocycles. The van der Waals surface area contributed by atoms with E-state index in [0.717, 1.165) is 32.0 Å². The molecule has 0 aromatic heterocycles. The first kappa shape index (κ1) is 35.6. The van der Waals surface area contributed by atoms with Gasteiger partial charge in [0.15, 0.2) is 0 Å². The number of nitrogens with zero attached hydrogens (tertiary/aromatic N) is 2. The number of halogens is 2. The molecule has 0 bridgehead atoms. The van der Waals surface area contributed by atoms with E-state index in [0.29, 0.717) is 18.8 Å². The Balaban J connectivity index is 1.80. The molecule has 8 nitrogen and oxygen atoms in total. The molecule has 0 aliphatic carbocycles. The molecule has 1 N–H and O–H groups in total. The molecule has 4 aromatic carbocycles. The van der Waals surface area contributed by atoms with Gasteiger partial charge in [0.1, 0.15) is 24.2 Å². The standard InChI is InChI=1S/C36H39BrFN3O5S/c1-4-26(3)39-36(43)34(23-27-10-7-6-8-11-27)40(24-28-12-9-13-29(37)22-28)35(42)25-41(31-16-14-30(38)15-17-31)47(44,45)33-20-18-32(19-21-33)46-5-2/h6-22,26,34H,4-5,23-25H2,1-3H3,(H,39,43)/t26-,34-/m1/s1. The van der Waals surface area contributed by atoms with Gasteiger partial charge in [0, 0.05) is 23.5 Å². The topological polar surface area (TPSA) is 96.0 Å². The Morgan fingerprint density at radius 2 is 1.55 bits per heavy atom. The van der Waals surface area contributed by atoms with Crippen LogP contribution in [0.3, 0.4) is 0 Å². The van der Waals surface area contributed by atoms with Gasteiger partial charge in [-0.05, 0) is 92.1 Å². The van der Waals surface area contributed by atoms with Crippen LogP contribution in [0.15, 0.2) is 112 Å². The molecule has 0 saturated carbocycles. The van der Waals surface area contributed by atoms with Crippen molar-refractivity contribution < 1.29 is 27.1 Å². The number of amides is 2. The van der Waals surface area contributed by atoms with Gasteiger partial charge in [-0.15, -0.1) is 0 Å². The van der Waals surface area contributed by atoms with Crippen LogP contribution < -0.4 is 14.4 Å². The van der Waals surface area contributed by atoms with E-state index >= 15 is 0 Å². The van der Waals surface area contributed by atoms with Gasteiger partial charge in [0.05, 0.1) is 17.2 Å². The van der Waals surface area contributed by atoms with Crippen LogP contribution in [-0.4, -0.2) is 50.4 Å². The number of benzene rings is 4. The molecular weight excluding hydrogens is 685 g/mol. The highest BCUT2D eigenvalue weighted by Crippen LogP contribution is 2.27. The second-order valence-corrected chi connectivity index (χ2v) is 13.8. The van der Waals surface area contributed by atoms with Crippen molar-refractivity contribution in [2.75, 3.05) is 17.5 Å². The summed E-state index contributed by atoms with van der Waals surface area (Å²) < 4.78 is 49.5. The van der Waals surface area contributed by atoms with Crippen molar-refractivity contribution in [2.45, 2.75) is 57.1 Å². The molecule has 0 spiro atoms. The summed E-state index contributed by atoms with van der Waals surface area (Å²) in [5.41, 5.74) is 1.67. The molecule has 0 aliphatic rings. The molecule has 0 fully saturated rings. The molecule has 11 heteroatoms. The van der Waals surface area contributed by atoms with Gasteiger partial charge in [0.25, 0.3) is 10.0 Å². The van der Waals surface area contributed by atoms with E-state index in [1.165, 1.54) is 41.3 Å². The average molecular weight is 725 g/mol. The van der Waals surface area contributed by atoms with Crippen LogP contribution in [0.5, 0.6) is 5.75 Å². The minimum absolute atomic E-state index is 0.0318. The predicted octanol–water partition coefficient (Wildman–Crippen LogP) is 6.74. The Morgan fingerprint density at radius 1 is 0.894 bits per heavy atom. The molecule has 47 heavy (non-hydrogen) atoms. The molecule has 2 amide bonds. The van der Waals surface area contributed by atoms with Gasteiger partial charge < -0.3 is 15.0 Å². The molecular formula is C36H39BrFN3O5S. The number of carbonyl (C=O) groups excluding carboxylic acids is 2. The first-order chi connectivity index (χ1) is 22.5. The largest absolute Gasteiger partial charge is 0.494 e. The van der Waals surface area contributed by atoms with Gasteiger partial charge in [-0.3, -0.25) is 13.9 Å². The normalized spacial score (nSPS) is 12.5. The summed E-state index contributed by atoms with van der Waals surface area (Å²) in [6.07, 6.45) is 0.882. The van der Waals surface area contributed by atoms with Crippen LogP contribution in [0.2, 0.25) is 0 Å². The second kappa shape index (κ2) is 16.6. The Bertz CT molecular complexity index is 1740. The van der Waals surface area contributed by atoms with Crippen LogP contribution in [0, 0.1) is 5.82 Å². The molecule has 0 radical (unpaired) electrons. The number of sulfonamides is 1. The fourth-order valence-corrected chi connectivity index (χ4v) is 6.83. The lowest BCUT2D eigenvalue weighted by Crippen LogP contribution is -2.54. The van der Waals surface area contributed by atoms with Crippen molar-refractivity contribution in [1.29, 1.82) is 0 Å². The minimum atomic E-state index is -4.33. The van der Waals surface area contributed by atoms with Gasteiger partial charge in [-0.25, -0.2) is 12.8 Å². The number of ether oxygens (including phenoxy) is 1. The Labute approximate surface area is 284 Å². The average Bonchev–Trinajstić information content (AvgIpc) is 3.06. The maximum absolute atomic E-state index is 14.5. The van der Waals surface area contributed by atoms with Gasteiger partial charge >= 0.3 is 0 Å². The zero-order valence-corrected chi connectivity index (χ0v) is 29.0. The predicted molar refractivity (Wildman–Crippen MR) is 185 cm³/mol. The summed E-state index contributed by atoms with van der Waals surface area (Å²) in [5.74, 6) is -1.02. The maximum Gasteiger partial charge on any atom is 0.264 e.